The van der Waals surface area contributed by atoms with Gasteiger partial charge in [-0.3, -0.25) is 0 Å². The van der Waals surface area contributed by atoms with Crippen LogP contribution in [0.3, 0.4) is 0 Å². The van der Waals surface area contributed by atoms with E-state index in [1.54, 1.807) is 6.07 Å². The lowest BCUT2D eigenvalue weighted by molar-refractivity contribution is -0.160. The molecule has 8 heteroatoms. The molecule has 0 fully saturated rings. The number of pyridine rings is 1. The molecule has 1 aliphatic heterocycles. The maximum atomic E-state index is 15.5. The zero-order valence-electron chi connectivity index (χ0n) is 22.1. The summed E-state index contributed by atoms with van der Waals surface area (Å²) in [6.45, 7) is 9.66. The number of hydrogen-bond donors (Lipinski definition) is 1. The van der Waals surface area contributed by atoms with Gasteiger partial charge in [0.15, 0.2) is 17.7 Å². The molecule has 1 unspecified atom stereocenters. The summed E-state index contributed by atoms with van der Waals surface area (Å²) < 4.78 is 29.1. The zero-order chi connectivity index (χ0) is 27.4. The van der Waals surface area contributed by atoms with Gasteiger partial charge in [0.1, 0.15) is 5.65 Å². The molecule has 1 atom stereocenters. The summed E-state index contributed by atoms with van der Waals surface area (Å²) in [6, 6.07) is 8.80. The minimum absolute atomic E-state index is 0.270. The number of halogens is 2. The van der Waals surface area contributed by atoms with Crippen molar-refractivity contribution in [2.24, 2.45) is 0 Å². The topological polar surface area (TPSA) is 73.1 Å². The molecule has 2 aromatic carbocycles. The average molecular weight is 537 g/mol. The molecule has 38 heavy (non-hydrogen) atoms. The maximum absolute atomic E-state index is 15.5. The normalized spacial score (nSPS) is 14.3. The summed E-state index contributed by atoms with van der Waals surface area (Å²) in [5.74, 6) is -1.34. The van der Waals surface area contributed by atoms with Crippen molar-refractivity contribution in [1.82, 2.24) is 9.38 Å². The van der Waals surface area contributed by atoms with E-state index in [0.717, 1.165) is 23.1 Å². The molecule has 0 radical (unpaired) electrons. The third-order valence-corrected chi connectivity index (χ3v) is 7.00. The van der Waals surface area contributed by atoms with Crippen LogP contribution in [0, 0.1) is 19.7 Å². The lowest BCUT2D eigenvalue weighted by Crippen LogP contribution is -2.28. The molecule has 1 aliphatic rings. The van der Waals surface area contributed by atoms with Crippen molar-refractivity contribution in [2.75, 3.05) is 6.61 Å². The molecule has 0 saturated carbocycles. The Balaban J connectivity index is 1.87. The number of carbonyl (C=O) groups is 1. The summed E-state index contributed by atoms with van der Waals surface area (Å²) in [4.78, 5) is 17.6. The number of rotatable bonds is 5. The Bertz CT molecular complexity index is 1570. The Kier molecular flexibility index (Phi) is 6.70. The summed E-state index contributed by atoms with van der Waals surface area (Å²) in [7, 11) is 0. The van der Waals surface area contributed by atoms with Crippen LogP contribution in [-0.4, -0.2) is 32.7 Å². The van der Waals surface area contributed by atoms with E-state index >= 15 is 4.39 Å². The van der Waals surface area contributed by atoms with Gasteiger partial charge in [-0.15, -0.1) is 0 Å². The number of ether oxygens (including phenoxy) is 2. The Morgan fingerprint density at radius 3 is 2.68 bits per heavy atom. The van der Waals surface area contributed by atoms with Gasteiger partial charge in [0.2, 0.25) is 0 Å². The van der Waals surface area contributed by atoms with Crippen LogP contribution < -0.4 is 4.74 Å². The van der Waals surface area contributed by atoms with Crippen molar-refractivity contribution in [3.05, 3.63) is 75.8 Å². The summed E-state index contributed by atoms with van der Waals surface area (Å²) in [5.41, 5.74) is 5.09. The average Bonchev–Trinajstić information content (AvgIpc) is 3.27. The van der Waals surface area contributed by atoms with E-state index in [9.17, 15) is 9.90 Å². The molecule has 0 bridgehead atoms. The van der Waals surface area contributed by atoms with E-state index in [-0.39, 0.29) is 5.75 Å². The van der Waals surface area contributed by atoms with Crippen LogP contribution in [0.5, 0.6) is 5.75 Å². The fourth-order valence-electron chi connectivity index (χ4n) is 5.17. The van der Waals surface area contributed by atoms with Gasteiger partial charge in [-0.05, 0) is 82.3 Å². The van der Waals surface area contributed by atoms with Crippen LogP contribution in [0.15, 0.2) is 42.7 Å². The van der Waals surface area contributed by atoms with Crippen LogP contribution in [0.1, 0.15) is 55.5 Å². The summed E-state index contributed by atoms with van der Waals surface area (Å²) in [6.07, 6.45) is 3.86. The Hall–Kier alpha value is -3.42. The number of hydrogen-bond acceptors (Lipinski definition) is 4. The van der Waals surface area contributed by atoms with E-state index in [2.05, 4.69) is 0 Å². The van der Waals surface area contributed by atoms with E-state index in [4.69, 9.17) is 26.1 Å². The number of benzene rings is 2. The predicted octanol–water partition coefficient (Wildman–Crippen LogP) is 7.34. The van der Waals surface area contributed by atoms with Crippen LogP contribution >= 0.6 is 11.6 Å². The van der Waals surface area contributed by atoms with Crippen molar-refractivity contribution < 1.29 is 23.8 Å². The van der Waals surface area contributed by atoms with Gasteiger partial charge in [-0.1, -0.05) is 23.7 Å². The molecule has 0 saturated heterocycles. The van der Waals surface area contributed by atoms with E-state index in [1.165, 1.54) is 6.07 Å². The molecule has 6 nitrogen and oxygen atoms in total. The highest BCUT2D eigenvalue weighted by Gasteiger charge is 2.34. The number of imidazole rings is 1. The monoisotopic (exact) mass is 536 g/mol. The summed E-state index contributed by atoms with van der Waals surface area (Å²) >= 11 is 6.24. The van der Waals surface area contributed by atoms with Crippen molar-refractivity contribution >= 4 is 23.2 Å². The number of aryl methyl sites for hydroxylation is 1. The minimum atomic E-state index is -1.30. The lowest BCUT2D eigenvalue weighted by Gasteiger charge is -2.29. The Morgan fingerprint density at radius 1 is 1.24 bits per heavy atom. The number of aromatic nitrogens is 2. The first kappa shape index (κ1) is 26.2. The highest BCUT2D eigenvalue weighted by atomic mass is 35.5. The van der Waals surface area contributed by atoms with E-state index in [0.29, 0.717) is 51.6 Å². The first-order valence-corrected chi connectivity index (χ1v) is 13.0. The molecular formula is C30H30ClFN2O4. The van der Waals surface area contributed by atoms with Crippen molar-refractivity contribution in [3.63, 3.8) is 0 Å². The molecule has 5 rings (SSSR count). The van der Waals surface area contributed by atoms with Gasteiger partial charge in [0.25, 0.3) is 0 Å². The number of carboxylic acid groups (broad SMARTS) is 1. The smallest absolute Gasteiger partial charge is 0.337 e. The van der Waals surface area contributed by atoms with Crippen LogP contribution in [-0.2, 0) is 16.0 Å². The predicted molar refractivity (Wildman–Crippen MR) is 146 cm³/mol. The number of fused-ring (bicyclic) bond motifs is 2. The third-order valence-electron chi connectivity index (χ3n) is 6.77. The Morgan fingerprint density at radius 2 is 2.00 bits per heavy atom. The van der Waals surface area contributed by atoms with Crippen molar-refractivity contribution in [2.45, 2.75) is 59.2 Å². The first-order valence-electron chi connectivity index (χ1n) is 12.6. The molecule has 2 aromatic heterocycles. The van der Waals surface area contributed by atoms with Crippen LogP contribution in [0.25, 0.3) is 28.0 Å². The second-order valence-electron chi connectivity index (χ2n) is 10.7. The standard InChI is InChI=1S/C30H30ClFN2O4/c1-16-14-34-15-23(18-8-6-9-19(31)12-18)33-28(34)25(24(16)27(29(35)36)38-30(3,4)5)21-13-22(32)26-20(17(21)2)10-7-11-37-26/h6,8-9,12-15,27H,7,10-11H2,1-5H3,(H,35,36). The number of nitrogens with zero attached hydrogens (tertiary/aromatic N) is 2. The summed E-state index contributed by atoms with van der Waals surface area (Å²) in [5, 5.41) is 10.9. The Labute approximate surface area is 226 Å². The molecule has 0 amide bonds. The van der Waals surface area contributed by atoms with Gasteiger partial charge in [-0.2, -0.15) is 0 Å². The van der Waals surface area contributed by atoms with Gasteiger partial charge >= 0.3 is 5.97 Å². The van der Waals surface area contributed by atoms with E-state index < -0.39 is 23.5 Å². The largest absolute Gasteiger partial charge is 0.490 e. The fraction of sp³-hybridized carbons (Fsp3) is 0.333. The SMILES string of the molecule is Cc1cn2cc(-c3cccc(Cl)c3)nc2c(-c2cc(F)c3c(c2C)CCCO3)c1C(OC(C)(C)C)C(=O)O. The zero-order valence-corrected chi connectivity index (χ0v) is 22.8. The molecule has 1 N–H and O–H groups in total. The highest BCUT2D eigenvalue weighted by molar-refractivity contribution is 6.30. The van der Waals surface area contributed by atoms with Gasteiger partial charge < -0.3 is 19.0 Å². The van der Waals surface area contributed by atoms with Crippen LogP contribution in [0.2, 0.25) is 5.02 Å². The molecular weight excluding hydrogens is 507 g/mol. The molecule has 198 valence electrons. The van der Waals surface area contributed by atoms with E-state index in [1.807, 2.05) is 69.6 Å². The molecule has 3 heterocycles. The van der Waals surface area contributed by atoms with Crippen LogP contribution in [0.4, 0.5) is 4.39 Å². The van der Waals surface area contributed by atoms with Crippen molar-refractivity contribution in [1.29, 1.82) is 0 Å². The van der Waals surface area contributed by atoms with Crippen molar-refractivity contribution in [3.8, 4) is 28.1 Å². The van der Waals surface area contributed by atoms with Gasteiger partial charge in [0.05, 0.1) is 17.9 Å². The van der Waals surface area contributed by atoms with Gasteiger partial charge in [0, 0.05) is 39.7 Å². The lowest BCUT2D eigenvalue weighted by atomic mass is 9.87. The number of aliphatic carboxylic acids is 1. The fourth-order valence-corrected chi connectivity index (χ4v) is 5.36. The second-order valence-corrected chi connectivity index (χ2v) is 11.1. The molecule has 0 aliphatic carbocycles. The molecule has 4 aromatic rings. The maximum Gasteiger partial charge on any atom is 0.337 e. The quantitative estimate of drug-likeness (QED) is 0.289. The second kappa shape index (κ2) is 9.71. The highest BCUT2D eigenvalue weighted by Crippen LogP contribution is 2.43. The first-order chi connectivity index (χ1) is 17.9. The number of carboxylic acids is 1. The third kappa shape index (κ3) is 4.76. The van der Waals surface area contributed by atoms with Gasteiger partial charge in [-0.25, -0.2) is 14.2 Å². The minimum Gasteiger partial charge on any atom is -0.490 e. The molecule has 0 spiro atoms.